The van der Waals surface area contributed by atoms with Crippen LogP contribution in [0.5, 0.6) is 0 Å². The van der Waals surface area contributed by atoms with Crippen molar-refractivity contribution in [2.24, 2.45) is 0 Å². The van der Waals surface area contributed by atoms with Crippen molar-refractivity contribution in [1.29, 1.82) is 0 Å². The number of rotatable bonds is 12. The molecular formula is C73H56N4. The van der Waals surface area contributed by atoms with Crippen LogP contribution in [0.2, 0.25) is 0 Å². The second-order valence-electron chi connectivity index (χ2n) is 20.4. The predicted molar refractivity (Wildman–Crippen MR) is 324 cm³/mol. The smallest absolute Gasteiger partial charge is 0.0561 e. The van der Waals surface area contributed by atoms with Gasteiger partial charge in [-0.15, -0.1) is 0 Å². The van der Waals surface area contributed by atoms with Gasteiger partial charge in [-0.2, -0.15) is 0 Å². The van der Waals surface area contributed by atoms with Crippen molar-refractivity contribution in [3.8, 4) is 27.9 Å². The van der Waals surface area contributed by atoms with Crippen molar-refractivity contribution in [3.63, 3.8) is 0 Å². The van der Waals surface area contributed by atoms with E-state index in [9.17, 15) is 0 Å². The second-order valence-corrected chi connectivity index (χ2v) is 20.4. The largest absolute Gasteiger partial charge is 0.314 e. The molecule has 1 aromatic heterocycles. The monoisotopic (exact) mass is 988 g/mol. The van der Waals surface area contributed by atoms with Crippen molar-refractivity contribution < 1.29 is 0 Å². The van der Waals surface area contributed by atoms with E-state index in [0.29, 0.717) is 0 Å². The van der Waals surface area contributed by atoms with E-state index in [1.54, 1.807) is 0 Å². The van der Waals surface area contributed by atoms with Crippen LogP contribution in [0.3, 0.4) is 0 Å². The van der Waals surface area contributed by atoms with Gasteiger partial charge in [-0.3, -0.25) is 0 Å². The van der Waals surface area contributed by atoms with Gasteiger partial charge in [-0.05, 0) is 192 Å². The molecule has 0 saturated carbocycles. The highest BCUT2D eigenvalue weighted by Crippen LogP contribution is 2.48. The Morgan fingerprint density at radius 1 is 0.364 bits per heavy atom. The molecule has 4 heteroatoms. The quantitative estimate of drug-likeness (QED) is 0.121. The van der Waals surface area contributed by atoms with Crippen LogP contribution < -0.4 is 14.7 Å². The fourth-order valence-electron chi connectivity index (χ4n) is 12.1. The van der Waals surface area contributed by atoms with Crippen molar-refractivity contribution >= 4 is 67.2 Å². The van der Waals surface area contributed by atoms with Crippen LogP contribution in [0, 0.1) is 0 Å². The molecule has 0 unspecified atom stereocenters. The van der Waals surface area contributed by atoms with Gasteiger partial charge in [-0.1, -0.05) is 163 Å². The minimum Gasteiger partial charge on any atom is -0.314 e. The third-order valence-electron chi connectivity index (χ3n) is 15.6. The molecule has 1 heterocycles. The van der Waals surface area contributed by atoms with Crippen LogP contribution in [-0.2, 0) is 6.42 Å². The van der Waals surface area contributed by atoms with E-state index in [1.807, 2.05) is 0 Å². The molecule has 368 valence electrons. The number of hydrogen-bond donors (Lipinski definition) is 0. The summed E-state index contributed by atoms with van der Waals surface area (Å²) in [7, 11) is 0. The molecule has 14 rings (SSSR count). The topological polar surface area (TPSA) is 14.7 Å². The predicted octanol–water partition coefficient (Wildman–Crippen LogP) is 19.8. The standard InChI is InChI=1S/C73H56N4/c1-8-22-52(23-9-1)56-45-57(53-24-10-2-11-25-53)47-67(46-56)77-72-43-41-65(50-71(72)68-42-40-66(51-73(68)77)75(60-30-16-5-17-31-60)61-32-18-6-19-33-61)76(62-34-20-7-21-35-62)64-39-37-55-44-54-36-38-63(48-69(54)70(55)49-64)74(58-26-12-3-13-27-58)59-28-14-4-15-29-59/h1-3,5-14,16-36,38,40-43,45-51H,4,15,37,39,44H2. The third-order valence-corrected chi connectivity index (χ3v) is 15.6. The number of anilines is 7. The number of benzene rings is 10. The number of nitrogens with zero attached hydrogens (tertiary/aromatic N) is 4. The molecule has 0 saturated heterocycles. The molecule has 0 aliphatic heterocycles. The average Bonchev–Trinajstić information content (AvgIpc) is 4.14. The summed E-state index contributed by atoms with van der Waals surface area (Å²) in [5.74, 6) is 0. The number of allylic oxidation sites excluding steroid dienone is 7. The van der Waals surface area contributed by atoms with Gasteiger partial charge in [0.25, 0.3) is 0 Å². The van der Waals surface area contributed by atoms with E-state index in [2.05, 4.69) is 298 Å². The lowest BCUT2D eigenvalue weighted by atomic mass is 9.94. The van der Waals surface area contributed by atoms with Crippen LogP contribution in [0.25, 0.3) is 55.3 Å². The van der Waals surface area contributed by atoms with Crippen molar-refractivity contribution in [3.05, 3.63) is 307 Å². The summed E-state index contributed by atoms with van der Waals surface area (Å²) in [5, 5.41) is 2.39. The van der Waals surface area contributed by atoms with E-state index in [1.165, 1.54) is 78.1 Å². The van der Waals surface area contributed by atoms with Crippen molar-refractivity contribution in [2.75, 3.05) is 14.7 Å². The zero-order chi connectivity index (χ0) is 51.1. The highest BCUT2D eigenvalue weighted by atomic mass is 15.2. The Morgan fingerprint density at radius 3 is 1.49 bits per heavy atom. The maximum absolute atomic E-state index is 2.52. The van der Waals surface area contributed by atoms with Gasteiger partial charge < -0.3 is 19.3 Å². The van der Waals surface area contributed by atoms with E-state index in [0.717, 1.165) is 77.3 Å². The van der Waals surface area contributed by atoms with Gasteiger partial charge in [0.1, 0.15) is 0 Å². The SMILES string of the molecule is C1=CC(N(c2ccccc2)c2ccc3c(c2)C2=C(CCC(N(c4ccccc4)c4ccc5c(c4)c4ccc(N(c6ccccc6)c6ccccc6)cc4n5-c4cc(-c5ccccc5)cc(-c5ccccc5)c4)=C2)C3)=CCC1. The summed E-state index contributed by atoms with van der Waals surface area (Å²) in [6.45, 7) is 0. The maximum Gasteiger partial charge on any atom is 0.0561 e. The molecule has 4 nitrogen and oxygen atoms in total. The zero-order valence-electron chi connectivity index (χ0n) is 42.9. The molecular weight excluding hydrogens is 933 g/mol. The Labute approximate surface area is 451 Å². The molecule has 3 aliphatic rings. The minimum absolute atomic E-state index is 0.939. The Balaban J connectivity index is 0.948. The Hall–Kier alpha value is -9.64. The summed E-state index contributed by atoms with van der Waals surface area (Å²) in [5.41, 5.74) is 24.2. The van der Waals surface area contributed by atoms with Crippen LogP contribution in [0.1, 0.15) is 36.8 Å². The molecule has 77 heavy (non-hydrogen) atoms. The third kappa shape index (κ3) is 8.64. The number of hydrogen-bond acceptors (Lipinski definition) is 3. The Morgan fingerprint density at radius 2 is 0.896 bits per heavy atom. The maximum atomic E-state index is 2.52. The first-order valence-corrected chi connectivity index (χ1v) is 27.1. The van der Waals surface area contributed by atoms with Gasteiger partial charge >= 0.3 is 0 Å². The van der Waals surface area contributed by atoms with Crippen molar-refractivity contribution in [1.82, 2.24) is 4.57 Å². The molecule has 3 aliphatic carbocycles. The lowest BCUT2D eigenvalue weighted by molar-refractivity contribution is 0.864. The van der Waals surface area contributed by atoms with Crippen LogP contribution in [-0.4, -0.2) is 4.57 Å². The summed E-state index contributed by atoms with van der Waals surface area (Å²) < 4.78 is 2.50. The summed E-state index contributed by atoms with van der Waals surface area (Å²) in [6, 6.07) is 93.2. The molecule has 0 amide bonds. The van der Waals surface area contributed by atoms with Crippen LogP contribution >= 0.6 is 0 Å². The molecule has 11 aromatic rings. The highest BCUT2D eigenvalue weighted by Gasteiger charge is 2.29. The Kier molecular flexibility index (Phi) is 11.9. The molecule has 10 aromatic carbocycles. The first-order chi connectivity index (χ1) is 38.2. The van der Waals surface area contributed by atoms with Crippen LogP contribution in [0.15, 0.2) is 296 Å². The first kappa shape index (κ1) is 45.9. The lowest BCUT2D eigenvalue weighted by Gasteiger charge is -2.31. The van der Waals surface area contributed by atoms with Crippen molar-refractivity contribution in [2.45, 2.75) is 32.1 Å². The molecule has 0 spiro atoms. The van der Waals surface area contributed by atoms with Gasteiger partial charge in [0.15, 0.2) is 0 Å². The second kappa shape index (κ2) is 19.9. The zero-order valence-corrected chi connectivity index (χ0v) is 42.9. The van der Waals surface area contributed by atoms with Crippen LogP contribution in [0.4, 0.5) is 39.8 Å². The van der Waals surface area contributed by atoms with E-state index in [-0.39, 0.29) is 0 Å². The number of fused-ring (bicyclic) bond motifs is 5. The summed E-state index contributed by atoms with van der Waals surface area (Å²) in [4.78, 5) is 7.31. The molecule has 0 N–H and O–H groups in total. The average molecular weight is 989 g/mol. The molecule has 0 fully saturated rings. The summed E-state index contributed by atoms with van der Waals surface area (Å²) in [6.07, 6.45) is 14.5. The molecule has 0 atom stereocenters. The molecule has 0 bridgehead atoms. The fraction of sp³-hybridized carbons (Fsp3) is 0.0685. The molecule has 0 radical (unpaired) electrons. The van der Waals surface area contributed by atoms with Gasteiger partial charge in [0.05, 0.1) is 11.0 Å². The number of para-hydroxylation sites is 4. The first-order valence-electron chi connectivity index (χ1n) is 27.1. The lowest BCUT2D eigenvalue weighted by Crippen LogP contribution is -2.18. The minimum atomic E-state index is 0.939. The van der Waals surface area contributed by atoms with Gasteiger partial charge in [0, 0.05) is 67.7 Å². The summed E-state index contributed by atoms with van der Waals surface area (Å²) >= 11 is 0. The van der Waals surface area contributed by atoms with Gasteiger partial charge in [0.2, 0.25) is 0 Å². The highest BCUT2D eigenvalue weighted by molar-refractivity contribution is 6.12. The van der Waals surface area contributed by atoms with Gasteiger partial charge in [-0.25, -0.2) is 0 Å². The van der Waals surface area contributed by atoms with E-state index >= 15 is 0 Å². The number of aromatic nitrogens is 1. The van der Waals surface area contributed by atoms with E-state index < -0.39 is 0 Å². The van der Waals surface area contributed by atoms with E-state index in [4.69, 9.17) is 0 Å². The normalized spacial score (nSPS) is 13.8. The fourth-order valence-corrected chi connectivity index (χ4v) is 12.1. The Bertz CT molecular complexity index is 4000.